The summed E-state index contributed by atoms with van der Waals surface area (Å²) in [5.74, 6) is -2.78. The number of benzene rings is 2. The number of aromatic carboxylic acids is 1. The fourth-order valence-electron chi connectivity index (χ4n) is 2.53. The Kier molecular flexibility index (Phi) is 3.65. The second kappa shape index (κ2) is 5.64. The molecule has 0 saturated heterocycles. The topological polar surface area (TPSA) is 59.3 Å². The van der Waals surface area contributed by atoms with Crippen LogP contribution in [0.15, 0.2) is 53.5 Å². The van der Waals surface area contributed by atoms with Gasteiger partial charge in [-0.3, -0.25) is 4.79 Å². The first-order valence-corrected chi connectivity index (χ1v) is 6.76. The number of hydrogen-bond acceptors (Lipinski definition) is 2. The summed E-state index contributed by atoms with van der Waals surface area (Å²) in [6, 6.07) is 9.58. The Labute approximate surface area is 129 Å². The van der Waals surface area contributed by atoms with Crippen LogP contribution in [0, 0.1) is 11.6 Å². The molecule has 116 valence electrons. The highest BCUT2D eigenvalue weighted by Crippen LogP contribution is 2.16. The molecule has 0 aliphatic rings. The zero-order chi connectivity index (χ0) is 16.6. The number of pyridine rings is 1. The van der Waals surface area contributed by atoms with Gasteiger partial charge in [0.1, 0.15) is 17.2 Å². The van der Waals surface area contributed by atoms with Crippen LogP contribution >= 0.6 is 0 Å². The number of carbonyl (C=O) groups is 1. The molecule has 0 radical (unpaired) electrons. The first-order valence-electron chi connectivity index (χ1n) is 6.76. The molecule has 2 aromatic carbocycles. The van der Waals surface area contributed by atoms with Gasteiger partial charge >= 0.3 is 5.97 Å². The zero-order valence-corrected chi connectivity index (χ0v) is 11.8. The fourth-order valence-corrected chi connectivity index (χ4v) is 2.53. The molecule has 0 amide bonds. The largest absolute Gasteiger partial charge is 0.477 e. The molecule has 3 rings (SSSR count). The molecule has 0 fully saturated rings. The van der Waals surface area contributed by atoms with Crippen LogP contribution in [0.25, 0.3) is 10.9 Å². The van der Waals surface area contributed by atoms with Gasteiger partial charge in [-0.25, -0.2) is 13.6 Å². The summed E-state index contributed by atoms with van der Waals surface area (Å²) in [7, 11) is 0. The summed E-state index contributed by atoms with van der Waals surface area (Å²) in [5, 5.41) is 9.41. The van der Waals surface area contributed by atoms with E-state index in [1.165, 1.54) is 16.8 Å². The van der Waals surface area contributed by atoms with E-state index in [1.807, 2.05) is 0 Å². The summed E-state index contributed by atoms with van der Waals surface area (Å²) in [6.45, 7) is 0.0375. The van der Waals surface area contributed by atoms with Gasteiger partial charge in [0.15, 0.2) is 0 Å². The van der Waals surface area contributed by atoms with Gasteiger partial charge in [0.25, 0.3) is 0 Å². The highest BCUT2D eigenvalue weighted by molar-refractivity contribution is 5.92. The van der Waals surface area contributed by atoms with E-state index in [-0.39, 0.29) is 17.5 Å². The minimum atomic E-state index is -1.35. The monoisotopic (exact) mass is 315 g/mol. The van der Waals surface area contributed by atoms with E-state index in [0.717, 1.165) is 18.2 Å². The van der Waals surface area contributed by atoms with E-state index >= 15 is 0 Å². The lowest BCUT2D eigenvalue weighted by molar-refractivity contribution is 0.0695. The van der Waals surface area contributed by atoms with Crippen molar-refractivity contribution >= 4 is 16.9 Å². The van der Waals surface area contributed by atoms with Gasteiger partial charge in [-0.15, -0.1) is 0 Å². The molecule has 0 saturated carbocycles. The van der Waals surface area contributed by atoms with E-state index in [1.54, 1.807) is 18.2 Å². The fraction of sp³-hybridized carbons (Fsp3) is 0.0588. The molecule has 0 atom stereocenters. The molecule has 0 spiro atoms. The summed E-state index contributed by atoms with van der Waals surface area (Å²) in [4.78, 5) is 23.4. The lowest BCUT2D eigenvalue weighted by Crippen LogP contribution is -2.19. The average molecular weight is 315 g/mol. The number of fused-ring (bicyclic) bond motifs is 1. The van der Waals surface area contributed by atoms with Crippen molar-refractivity contribution in [3.8, 4) is 0 Å². The maximum Gasteiger partial charge on any atom is 0.341 e. The van der Waals surface area contributed by atoms with Crippen LogP contribution in [0.4, 0.5) is 8.78 Å². The highest BCUT2D eigenvalue weighted by atomic mass is 19.1. The Bertz CT molecular complexity index is 959. The Morgan fingerprint density at radius 2 is 1.74 bits per heavy atom. The van der Waals surface area contributed by atoms with Crippen molar-refractivity contribution in [3.63, 3.8) is 0 Å². The number of carboxylic acids is 1. The van der Waals surface area contributed by atoms with Gasteiger partial charge < -0.3 is 9.67 Å². The second-order valence-electron chi connectivity index (χ2n) is 5.10. The van der Waals surface area contributed by atoms with Gasteiger partial charge in [0.2, 0.25) is 5.43 Å². The van der Waals surface area contributed by atoms with Crippen molar-refractivity contribution < 1.29 is 18.7 Å². The maximum absolute atomic E-state index is 13.3. The van der Waals surface area contributed by atoms with Crippen molar-refractivity contribution in [2.24, 2.45) is 0 Å². The third kappa shape index (κ3) is 2.83. The van der Waals surface area contributed by atoms with Crippen molar-refractivity contribution in [1.82, 2.24) is 4.57 Å². The number of halogens is 2. The van der Waals surface area contributed by atoms with Gasteiger partial charge in [-0.2, -0.15) is 0 Å². The molecule has 1 heterocycles. The molecule has 0 aliphatic heterocycles. The molecule has 4 nitrogen and oxygen atoms in total. The van der Waals surface area contributed by atoms with Gasteiger partial charge in [-0.05, 0) is 29.8 Å². The van der Waals surface area contributed by atoms with Gasteiger partial charge in [-0.1, -0.05) is 12.1 Å². The number of nitrogens with zero attached hydrogens (tertiary/aromatic N) is 1. The van der Waals surface area contributed by atoms with Crippen LogP contribution in [0.3, 0.4) is 0 Å². The molecule has 6 heteroatoms. The lowest BCUT2D eigenvalue weighted by atomic mass is 10.1. The molecule has 1 aromatic heterocycles. The molecule has 0 aliphatic carbocycles. The normalized spacial score (nSPS) is 10.9. The number of hydrogen-bond donors (Lipinski definition) is 1. The number of rotatable bonds is 3. The molecule has 23 heavy (non-hydrogen) atoms. The van der Waals surface area contributed by atoms with Crippen molar-refractivity contribution in [3.05, 3.63) is 81.6 Å². The van der Waals surface area contributed by atoms with Crippen LogP contribution in [0.2, 0.25) is 0 Å². The van der Waals surface area contributed by atoms with Gasteiger partial charge in [0, 0.05) is 24.2 Å². The smallest absolute Gasteiger partial charge is 0.341 e. The third-order valence-electron chi connectivity index (χ3n) is 3.49. The summed E-state index contributed by atoms with van der Waals surface area (Å²) in [5.41, 5.74) is -0.157. The zero-order valence-electron chi connectivity index (χ0n) is 11.8. The predicted octanol–water partition coefficient (Wildman–Crippen LogP) is 3.03. The van der Waals surface area contributed by atoms with Gasteiger partial charge in [0.05, 0.1) is 5.52 Å². The predicted molar refractivity (Wildman–Crippen MR) is 80.6 cm³/mol. The first-order chi connectivity index (χ1) is 11.0. The Morgan fingerprint density at radius 3 is 2.39 bits per heavy atom. The van der Waals surface area contributed by atoms with E-state index < -0.39 is 23.0 Å². The molecule has 0 unspecified atom stereocenters. The third-order valence-corrected chi connectivity index (χ3v) is 3.49. The van der Waals surface area contributed by atoms with Crippen molar-refractivity contribution in [2.75, 3.05) is 0 Å². The number of carboxylic acid groups (broad SMARTS) is 1. The van der Waals surface area contributed by atoms with E-state index in [4.69, 9.17) is 0 Å². The van der Waals surface area contributed by atoms with E-state index in [9.17, 15) is 23.5 Å². The SMILES string of the molecule is O=C(O)c1cn(Cc2cc(F)cc(F)c2)c2ccccc2c1=O. The molecular weight excluding hydrogens is 304 g/mol. The average Bonchev–Trinajstić information content (AvgIpc) is 2.49. The van der Waals surface area contributed by atoms with E-state index in [2.05, 4.69) is 0 Å². The van der Waals surface area contributed by atoms with Crippen LogP contribution in [-0.4, -0.2) is 15.6 Å². The minimum absolute atomic E-state index is 0.0375. The summed E-state index contributed by atoms with van der Waals surface area (Å²) < 4.78 is 28.1. The van der Waals surface area contributed by atoms with Crippen LogP contribution in [0.5, 0.6) is 0 Å². The Balaban J connectivity index is 2.22. The van der Waals surface area contributed by atoms with Crippen molar-refractivity contribution in [2.45, 2.75) is 6.54 Å². The second-order valence-corrected chi connectivity index (χ2v) is 5.10. The van der Waals surface area contributed by atoms with Crippen LogP contribution in [0.1, 0.15) is 15.9 Å². The van der Waals surface area contributed by atoms with Crippen molar-refractivity contribution in [1.29, 1.82) is 0 Å². The van der Waals surface area contributed by atoms with E-state index in [0.29, 0.717) is 11.1 Å². The minimum Gasteiger partial charge on any atom is -0.477 e. The summed E-state index contributed by atoms with van der Waals surface area (Å²) >= 11 is 0. The number of para-hydroxylation sites is 1. The molecule has 0 bridgehead atoms. The highest BCUT2D eigenvalue weighted by Gasteiger charge is 2.14. The Hall–Kier alpha value is -3.02. The van der Waals surface area contributed by atoms with Crippen LogP contribution < -0.4 is 5.43 Å². The van der Waals surface area contributed by atoms with Crippen LogP contribution in [-0.2, 0) is 6.54 Å². The number of aromatic nitrogens is 1. The molecular formula is C17H11F2NO3. The quantitative estimate of drug-likeness (QED) is 0.808. The maximum atomic E-state index is 13.3. The molecule has 1 N–H and O–H groups in total. The standard InChI is InChI=1S/C17H11F2NO3/c18-11-5-10(6-12(19)7-11)8-20-9-14(17(22)23)16(21)13-3-1-2-4-15(13)20/h1-7,9H,8H2,(H,22,23). The Morgan fingerprint density at radius 1 is 1.09 bits per heavy atom. The summed E-state index contributed by atoms with van der Waals surface area (Å²) in [6.07, 6.45) is 1.19. The molecule has 3 aromatic rings. The first kappa shape index (κ1) is 14.9. The lowest BCUT2D eigenvalue weighted by Gasteiger charge is -2.12.